The zero-order valence-electron chi connectivity index (χ0n) is 9.34. The Hall–Kier alpha value is -2.18. The van der Waals surface area contributed by atoms with Gasteiger partial charge in [0.2, 0.25) is 5.91 Å². The fraction of sp³-hybridized carbons (Fsp3) is 0.400. The van der Waals surface area contributed by atoms with Crippen LogP contribution in [-0.2, 0) is 4.79 Å². The largest absolute Gasteiger partial charge is 0.365 e. The lowest BCUT2D eigenvalue weighted by atomic mass is 10.2. The molecule has 88 valence electrons. The molecule has 7 nitrogen and oxygen atoms in total. The van der Waals surface area contributed by atoms with Gasteiger partial charge in [0.15, 0.2) is 0 Å². The molecule has 1 fully saturated rings. The van der Waals surface area contributed by atoms with E-state index in [2.05, 4.69) is 25.7 Å². The summed E-state index contributed by atoms with van der Waals surface area (Å²) in [6.07, 6.45) is 1.95. The van der Waals surface area contributed by atoms with Gasteiger partial charge in [-0.3, -0.25) is 4.79 Å². The van der Waals surface area contributed by atoms with Gasteiger partial charge in [0.05, 0.1) is 6.04 Å². The van der Waals surface area contributed by atoms with Gasteiger partial charge >= 0.3 is 0 Å². The number of rotatable bonds is 2. The van der Waals surface area contributed by atoms with Crippen molar-refractivity contribution in [2.24, 2.45) is 0 Å². The van der Waals surface area contributed by atoms with E-state index in [-0.39, 0.29) is 11.9 Å². The second kappa shape index (κ2) is 3.69. The lowest BCUT2D eigenvalue weighted by Gasteiger charge is -2.12. The van der Waals surface area contributed by atoms with Crippen molar-refractivity contribution >= 4 is 17.5 Å². The van der Waals surface area contributed by atoms with Crippen molar-refractivity contribution < 1.29 is 4.79 Å². The topological polar surface area (TPSA) is 84.2 Å². The van der Waals surface area contributed by atoms with Crippen LogP contribution < -0.4 is 10.6 Å². The third kappa shape index (κ3) is 1.79. The molecule has 1 atom stereocenters. The Balaban J connectivity index is 1.93. The monoisotopic (exact) mass is 232 g/mol. The van der Waals surface area contributed by atoms with Crippen LogP contribution in [0.15, 0.2) is 12.4 Å². The Kier molecular flexibility index (Phi) is 2.17. The Morgan fingerprint density at radius 3 is 3.24 bits per heavy atom. The van der Waals surface area contributed by atoms with Gasteiger partial charge in [-0.25, -0.2) is 4.98 Å². The number of amides is 1. The Morgan fingerprint density at radius 2 is 2.47 bits per heavy atom. The fourth-order valence-corrected chi connectivity index (χ4v) is 1.95. The third-order valence-corrected chi connectivity index (χ3v) is 2.71. The number of aromatic nitrogens is 4. The maximum absolute atomic E-state index is 11.1. The lowest BCUT2D eigenvalue weighted by Crippen LogP contribution is -2.24. The average molecular weight is 232 g/mol. The van der Waals surface area contributed by atoms with Crippen LogP contribution in [0.1, 0.15) is 12.1 Å². The normalized spacial score (nSPS) is 19.6. The fourth-order valence-electron chi connectivity index (χ4n) is 1.95. The molecule has 7 heteroatoms. The number of hydrogen-bond donors (Lipinski definition) is 2. The Morgan fingerprint density at radius 1 is 1.59 bits per heavy atom. The first-order valence-electron chi connectivity index (χ1n) is 5.43. The van der Waals surface area contributed by atoms with E-state index in [0.29, 0.717) is 18.7 Å². The highest BCUT2D eigenvalue weighted by molar-refractivity contribution is 5.79. The maximum atomic E-state index is 11.1. The first-order valence-corrected chi connectivity index (χ1v) is 5.43. The Labute approximate surface area is 97.3 Å². The molecule has 0 aromatic carbocycles. The number of fused-ring (bicyclic) bond motifs is 1. The molecular formula is C10H12N6O. The average Bonchev–Trinajstić information content (AvgIpc) is 2.87. The van der Waals surface area contributed by atoms with Crippen LogP contribution in [0.4, 0.5) is 5.82 Å². The molecule has 1 amide bonds. The van der Waals surface area contributed by atoms with Crippen molar-refractivity contribution in [3.8, 4) is 0 Å². The minimum Gasteiger partial charge on any atom is -0.365 e. The number of nitrogens with zero attached hydrogens (tertiary/aromatic N) is 4. The van der Waals surface area contributed by atoms with E-state index in [9.17, 15) is 4.79 Å². The third-order valence-electron chi connectivity index (χ3n) is 2.71. The molecule has 0 bridgehead atoms. The molecule has 1 aliphatic rings. The minimum absolute atomic E-state index is 0.0723. The summed E-state index contributed by atoms with van der Waals surface area (Å²) in [7, 11) is 0. The number of nitrogens with one attached hydrogen (secondary N) is 2. The van der Waals surface area contributed by atoms with E-state index in [1.54, 1.807) is 4.52 Å². The molecule has 1 saturated heterocycles. The first kappa shape index (κ1) is 10.0. The van der Waals surface area contributed by atoms with Crippen LogP contribution in [0, 0.1) is 6.92 Å². The van der Waals surface area contributed by atoms with E-state index in [0.717, 1.165) is 11.5 Å². The summed E-state index contributed by atoms with van der Waals surface area (Å²) in [6, 6.07) is 1.99. The highest BCUT2D eigenvalue weighted by atomic mass is 16.1. The number of carbonyl (C=O) groups is 1. The number of anilines is 1. The Bertz CT molecular complexity index is 577. The number of carbonyl (C=O) groups excluding carboxylic acids is 1. The number of aryl methyl sites for hydroxylation is 1. The summed E-state index contributed by atoms with van der Waals surface area (Å²) in [6.45, 7) is 2.54. The van der Waals surface area contributed by atoms with E-state index in [1.165, 1.54) is 6.33 Å². The molecule has 0 radical (unpaired) electrons. The van der Waals surface area contributed by atoms with Gasteiger partial charge in [0.25, 0.3) is 5.78 Å². The van der Waals surface area contributed by atoms with Gasteiger partial charge in [-0.2, -0.15) is 14.6 Å². The highest BCUT2D eigenvalue weighted by Crippen LogP contribution is 2.13. The van der Waals surface area contributed by atoms with Gasteiger partial charge in [0, 0.05) is 24.7 Å². The molecule has 0 aliphatic carbocycles. The van der Waals surface area contributed by atoms with E-state index < -0.39 is 0 Å². The second-order valence-corrected chi connectivity index (χ2v) is 4.10. The van der Waals surface area contributed by atoms with Crippen LogP contribution >= 0.6 is 0 Å². The summed E-state index contributed by atoms with van der Waals surface area (Å²) in [4.78, 5) is 19.4. The van der Waals surface area contributed by atoms with E-state index in [1.807, 2.05) is 13.0 Å². The van der Waals surface area contributed by atoms with Gasteiger partial charge < -0.3 is 10.6 Å². The highest BCUT2D eigenvalue weighted by Gasteiger charge is 2.22. The van der Waals surface area contributed by atoms with Crippen molar-refractivity contribution in [3.05, 3.63) is 18.1 Å². The van der Waals surface area contributed by atoms with E-state index >= 15 is 0 Å². The molecule has 1 unspecified atom stereocenters. The SMILES string of the molecule is Cc1cc(NC2CNC(=O)C2)n2ncnc2n1. The van der Waals surface area contributed by atoms with E-state index in [4.69, 9.17) is 0 Å². The molecule has 1 aliphatic heterocycles. The van der Waals surface area contributed by atoms with Crippen LogP contribution in [0.2, 0.25) is 0 Å². The minimum atomic E-state index is 0.0723. The maximum Gasteiger partial charge on any atom is 0.254 e. The first-order chi connectivity index (χ1) is 8.22. The molecule has 2 aromatic rings. The molecule has 3 heterocycles. The summed E-state index contributed by atoms with van der Waals surface area (Å²) in [5.41, 5.74) is 0.866. The van der Waals surface area contributed by atoms with Crippen LogP contribution in [-0.4, -0.2) is 38.1 Å². The number of hydrogen-bond acceptors (Lipinski definition) is 5. The molecule has 0 saturated carbocycles. The van der Waals surface area contributed by atoms with Gasteiger partial charge in [-0.15, -0.1) is 0 Å². The lowest BCUT2D eigenvalue weighted by molar-refractivity contribution is -0.119. The van der Waals surface area contributed by atoms with Gasteiger partial charge in [-0.1, -0.05) is 0 Å². The molecule has 17 heavy (non-hydrogen) atoms. The molecule has 0 spiro atoms. The zero-order valence-corrected chi connectivity index (χ0v) is 9.34. The van der Waals surface area contributed by atoms with Gasteiger partial charge in [-0.05, 0) is 6.92 Å². The quantitative estimate of drug-likeness (QED) is 0.744. The van der Waals surface area contributed by atoms with Crippen LogP contribution in [0.3, 0.4) is 0 Å². The van der Waals surface area contributed by atoms with Crippen molar-refractivity contribution in [2.45, 2.75) is 19.4 Å². The van der Waals surface area contributed by atoms with Crippen LogP contribution in [0.5, 0.6) is 0 Å². The van der Waals surface area contributed by atoms with Crippen molar-refractivity contribution in [2.75, 3.05) is 11.9 Å². The predicted molar refractivity (Wildman–Crippen MR) is 60.6 cm³/mol. The zero-order chi connectivity index (χ0) is 11.8. The second-order valence-electron chi connectivity index (χ2n) is 4.10. The summed E-state index contributed by atoms with van der Waals surface area (Å²) < 4.78 is 1.63. The predicted octanol–water partition coefficient (Wildman–Crippen LogP) is -0.267. The summed E-state index contributed by atoms with van der Waals surface area (Å²) in [5.74, 6) is 1.44. The van der Waals surface area contributed by atoms with Crippen LogP contribution in [0.25, 0.3) is 5.78 Å². The van der Waals surface area contributed by atoms with Crippen molar-refractivity contribution in [3.63, 3.8) is 0 Å². The molecular weight excluding hydrogens is 220 g/mol. The van der Waals surface area contributed by atoms with Crippen molar-refractivity contribution in [1.29, 1.82) is 0 Å². The smallest absolute Gasteiger partial charge is 0.254 e. The molecule has 2 N–H and O–H groups in total. The molecule has 3 rings (SSSR count). The van der Waals surface area contributed by atoms with Gasteiger partial charge in [0.1, 0.15) is 12.1 Å². The standard InChI is InChI=1S/C10H12N6O/c1-6-2-8(15-7-3-9(17)11-4-7)16-10(14-6)12-5-13-16/h2,5,7,15H,3-4H2,1H3,(H,11,17). The van der Waals surface area contributed by atoms with Crippen molar-refractivity contribution in [1.82, 2.24) is 24.9 Å². The molecule has 2 aromatic heterocycles. The summed E-state index contributed by atoms with van der Waals surface area (Å²) >= 11 is 0. The summed E-state index contributed by atoms with van der Waals surface area (Å²) in [5, 5.41) is 10.2.